The smallest absolute Gasteiger partial charge is 0.213 e. The molecule has 0 rings (SSSR count). The molecule has 0 aromatic heterocycles. The highest BCUT2D eigenvalue weighted by atomic mass is 35.5. The maximum absolute atomic E-state index is 11.3. The molecule has 0 aliphatic rings. The third-order valence-corrected chi connectivity index (χ3v) is 3.70. The number of hydrogen-bond acceptors (Lipinski definition) is 3. The summed E-state index contributed by atoms with van der Waals surface area (Å²) in [4.78, 5) is 0. The van der Waals surface area contributed by atoms with Crippen molar-refractivity contribution in [3.8, 4) is 0 Å². The van der Waals surface area contributed by atoms with E-state index in [2.05, 4.69) is 4.72 Å². The predicted molar refractivity (Wildman–Crippen MR) is 58.2 cm³/mol. The van der Waals surface area contributed by atoms with Gasteiger partial charge in [-0.25, -0.2) is 13.1 Å². The van der Waals surface area contributed by atoms with Crippen LogP contribution in [-0.4, -0.2) is 40.3 Å². The average Bonchev–Trinajstić information content (AvgIpc) is 2.12. The number of ether oxygens (including phenoxy) is 1. The van der Waals surface area contributed by atoms with Gasteiger partial charge in [-0.2, -0.15) is 0 Å². The lowest BCUT2D eigenvalue weighted by Crippen LogP contribution is -2.37. The monoisotopic (exact) mass is 243 g/mol. The highest BCUT2D eigenvalue weighted by Gasteiger charge is 2.19. The Morgan fingerprint density at radius 2 is 2.00 bits per heavy atom. The number of methoxy groups -OCH3 is 1. The van der Waals surface area contributed by atoms with Crippen molar-refractivity contribution in [1.29, 1.82) is 0 Å². The molecule has 14 heavy (non-hydrogen) atoms. The summed E-state index contributed by atoms with van der Waals surface area (Å²) in [5.74, 6) is 0.404. The Bertz CT molecular complexity index is 251. The third kappa shape index (κ3) is 6.59. The van der Waals surface area contributed by atoms with Crippen molar-refractivity contribution in [3.05, 3.63) is 0 Å². The first-order chi connectivity index (χ1) is 6.33. The number of alkyl halides is 1. The summed E-state index contributed by atoms with van der Waals surface area (Å²) < 4.78 is 29.8. The van der Waals surface area contributed by atoms with E-state index in [0.29, 0.717) is 12.4 Å². The summed E-state index contributed by atoms with van der Waals surface area (Å²) in [5.41, 5.74) is -0.221. The quantitative estimate of drug-likeness (QED) is 0.674. The van der Waals surface area contributed by atoms with Crippen LogP contribution in [0.2, 0.25) is 0 Å². The molecule has 0 aliphatic carbocycles. The van der Waals surface area contributed by atoms with E-state index >= 15 is 0 Å². The van der Waals surface area contributed by atoms with Crippen LogP contribution >= 0.6 is 11.6 Å². The first kappa shape index (κ1) is 14.2. The number of nitrogens with one attached hydrogen (secondary N) is 1. The van der Waals surface area contributed by atoms with E-state index < -0.39 is 10.0 Å². The van der Waals surface area contributed by atoms with Gasteiger partial charge in [-0.05, 0) is 5.41 Å². The van der Waals surface area contributed by atoms with Crippen LogP contribution in [0, 0.1) is 5.41 Å². The molecule has 4 nitrogen and oxygen atoms in total. The summed E-state index contributed by atoms with van der Waals surface area (Å²) in [6.45, 7) is 4.36. The minimum atomic E-state index is -3.22. The van der Waals surface area contributed by atoms with Crippen LogP contribution in [0.4, 0.5) is 0 Å². The van der Waals surface area contributed by atoms with Gasteiger partial charge in [0.05, 0.1) is 12.4 Å². The van der Waals surface area contributed by atoms with E-state index in [1.54, 1.807) is 0 Å². The normalized spacial score (nSPS) is 13.1. The standard InChI is InChI=1S/C8H18ClNO3S/c1-8(2,6-9)7-10-14(11,12)5-4-13-3/h10H,4-7H2,1-3H3. The molecule has 6 heteroatoms. The van der Waals surface area contributed by atoms with Crippen molar-refractivity contribution in [2.45, 2.75) is 13.8 Å². The molecule has 0 bridgehead atoms. The number of halogens is 1. The molecule has 0 aromatic rings. The molecule has 0 aliphatic heterocycles. The Morgan fingerprint density at radius 3 is 2.43 bits per heavy atom. The second kappa shape index (κ2) is 5.90. The molecule has 0 aromatic carbocycles. The van der Waals surface area contributed by atoms with Crippen molar-refractivity contribution >= 4 is 21.6 Å². The van der Waals surface area contributed by atoms with Gasteiger partial charge >= 0.3 is 0 Å². The Labute approximate surface area is 91.0 Å². The third-order valence-electron chi connectivity index (χ3n) is 1.69. The van der Waals surface area contributed by atoms with Gasteiger partial charge in [0, 0.05) is 19.5 Å². The highest BCUT2D eigenvalue weighted by Crippen LogP contribution is 2.15. The van der Waals surface area contributed by atoms with E-state index in [1.807, 2.05) is 13.8 Å². The van der Waals surface area contributed by atoms with Gasteiger partial charge in [0.15, 0.2) is 0 Å². The molecule has 0 spiro atoms. The van der Waals surface area contributed by atoms with E-state index in [9.17, 15) is 8.42 Å². The molecule has 0 fully saturated rings. The van der Waals surface area contributed by atoms with Gasteiger partial charge in [0.2, 0.25) is 10.0 Å². The van der Waals surface area contributed by atoms with Crippen molar-refractivity contribution in [3.63, 3.8) is 0 Å². The lowest BCUT2D eigenvalue weighted by Gasteiger charge is -2.21. The van der Waals surface area contributed by atoms with Crippen LogP contribution in [0.5, 0.6) is 0 Å². The first-order valence-electron chi connectivity index (χ1n) is 4.35. The average molecular weight is 244 g/mol. The summed E-state index contributed by atoms with van der Waals surface area (Å²) in [6, 6.07) is 0. The molecule has 0 saturated heterocycles. The van der Waals surface area contributed by atoms with Crippen molar-refractivity contribution < 1.29 is 13.2 Å². The Balaban J connectivity index is 4.00. The molecule has 0 heterocycles. The SMILES string of the molecule is COCCS(=O)(=O)NCC(C)(C)CCl. The zero-order chi connectivity index (χ0) is 11.2. The van der Waals surface area contributed by atoms with Crippen molar-refractivity contribution in [2.24, 2.45) is 5.41 Å². The summed E-state index contributed by atoms with van der Waals surface area (Å²) in [5, 5.41) is 0. The van der Waals surface area contributed by atoms with Crippen LogP contribution in [-0.2, 0) is 14.8 Å². The fraction of sp³-hybridized carbons (Fsp3) is 1.00. The van der Waals surface area contributed by atoms with Crippen molar-refractivity contribution in [2.75, 3.05) is 31.9 Å². The molecule has 0 unspecified atom stereocenters. The first-order valence-corrected chi connectivity index (χ1v) is 6.54. The van der Waals surface area contributed by atoms with Crippen molar-refractivity contribution in [1.82, 2.24) is 4.72 Å². The van der Waals surface area contributed by atoms with Crippen LogP contribution in [0.3, 0.4) is 0 Å². The maximum atomic E-state index is 11.3. The molecular weight excluding hydrogens is 226 g/mol. The van der Waals surface area contributed by atoms with Gasteiger partial charge in [-0.1, -0.05) is 13.8 Å². The van der Waals surface area contributed by atoms with E-state index in [4.69, 9.17) is 16.3 Å². The number of hydrogen-bond donors (Lipinski definition) is 1. The van der Waals surface area contributed by atoms with E-state index in [1.165, 1.54) is 7.11 Å². The fourth-order valence-electron chi connectivity index (χ4n) is 0.618. The zero-order valence-corrected chi connectivity index (χ0v) is 10.4. The van der Waals surface area contributed by atoms with Crippen LogP contribution in [0.25, 0.3) is 0 Å². The number of rotatable bonds is 7. The maximum Gasteiger partial charge on any atom is 0.213 e. The molecule has 0 saturated carbocycles. The molecular formula is C8H18ClNO3S. The van der Waals surface area contributed by atoms with Gasteiger partial charge in [0.25, 0.3) is 0 Å². The van der Waals surface area contributed by atoms with Crippen LogP contribution in [0.1, 0.15) is 13.8 Å². The number of sulfonamides is 1. The largest absolute Gasteiger partial charge is 0.384 e. The van der Waals surface area contributed by atoms with Gasteiger partial charge < -0.3 is 4.74 Å². The van der Waals surface area contributed by atoms with Gasteiger partial charge in [-0.3, -0.25) is 0 Å². The second-order valence-corrected chi connectivity index (χ2v) is 6.12. The summed E-state index contributed by atoms with van der Waals surface area (Å²) in [6.07, 6.45) is 0. The minimum Gasteiger partial charge on any atom is -0.384 e. The fourth-order valence-corrected chi connectivity index (χ4v) is 1.85. The minimum absolute atomic E-state index is 0.0120. The highest BCUT2D eigenvalue weighted by molar-refractivity contribution is 7.89. The molecule has 86 valence electrons. The van der Waals surface area contributed by atoms with E-state index in [-0.39, 0.29) is 17.8 Å². The Kier molecular flexibility index (Phi) is 5.97. The molecule has 0 atom stereocenters. The van der Waals surface area contributed by atoms with Gasteiger partial charge in [-0.15, -0.1) is 11.6 Å². The topological polar surface area (TPSA) is 55.4 Å². The Morgan fingerprint density at radius 1 is 1.43 bits per heavy atom. The lowest BCUT2D eigenvalue weighted by molar-refractivity contribution is 0.216. The van der Waals surface area contributed by atoms with Crippen LogP contribution in [0.15, 0.2) is 0 Å². The van der Waals surface area contributed by atoms with E-state index in [0.717, 1.165) is 0 Å². The molecule has 0 amide bonds. The Hall–Kier alpha value is 0.160. The summed E-state index contributed by atoms with van der Waals surface area (Å²) in [7, 11) is -1.75. The molecule has 0 radical (unpaired) electrons. The predicted octanol–water partition coefficient (Wildman–Crippen LogP) is 0.817. The lowest BCUT2D eigenvalue weighted by atomic mass is 9.97. The summed E-state index contributed by atoms with van der Waals surface area (Å²) >= 11 is 5.67. The second-order valence-electron chi connectivity index (χ2n) is 3.93. The zero-order valence-electron chi connectivity index (χ0n) is 8.84. The van der Waals surface area contributed by atoms with Crippen LogP contribution < -0.4 is 4.72 Å². The van der Waals surface area contributed by atoms with Gasteiger partial charge in [0.1, 0.15) is 0 Å². The molecule has 1 N–H and O–H groups in total.